The highest BCUT2D eigenvalue weighted by atomic mass is 19.4. The van der Waals surface area contributed by atoms with E-state index < -0.39 is 17.7 Å². The Morgan fingerprint density at radius 3 is 2.44 bits per heavy atom. The first-order chi connectivity index (χ1) is 11.8. The number of hydrogen-bond acceptors (Lipinski definition) is 3. The molecule has 0 bridgehead atoms. The van der Waals surface area contributed by atoms with E-state index in [4.69, 9.17) is 10.5 Å². The van der Waals surface area contributed by atoms with Gasteiger partial charge in [0, 0.05) is 29.1 Å². The van der Waals surface area contributed by atoms with Crippen molar-refractivity contribution in [2.75, 3.05) is 5.73 Å². The van der Waals surface area contributed by atoms with Crippen LogP contribution in [0, 0.1) is 5.95 Å². The number of aromatic nitrogens is 1. The highest BCUT2D eigenvalue weighted by Gasteiger charge is 2.30. The van der Waals surface area contributed by atoms with E-state index in [2.05, 4.69) is 4.98 Å². The van der Waals surface area contributed by atoms with Gasteiger partial charge in [-0.05, 0) is 42.5 Å². The number of benzene rings is 2. The van der Waals surface area contributed by atoms with Gasteiger partial charge in [0.1, 0.15) is 11.5 Å². The minimum atomic E-state index is -4.47. The van der Waals surface area contributed by atoms with Crippen LogP contribution in [-0.4, -0.2) is 4.98 Å². The lowest BCUT2D eigenvalue weighted by Crippen LogP contribution is -2.04. The normalized spacial score (nSPS) is 11.4. The van der Waals surface area contributed by atoms with Crippen molar-refractivity contribution >= 4 is 5.69 Å². The van der Waals surface area contributed by atoms with Crippen LogP contribution in [0.15, 0.2) is 60.8 Å². The van der Waals surface area contributed by atoms with E-state index in [0.717, 1.165) is 12.1 Å². The molecule has 7 heteroatoms. The number of ether oxygens (including phenoxy) is 1. The third-order valence-corrected chi connectivity index (χ3v) is 3.43. The summed E-state index contributed by atoms with van der Waals surface area (Å²) in [6.45, 7) is 0. The van der Waals surface area contributed by atoms with Gasteiger partial charge in [-0.15, -0.1) is 0 Å². The van der Waals surface area contributed by atoms with Gasteiger partial charge in [-0.2, -0.15) is 17.6 Å². The Morgan fingerprint density at radius 2 is 1.76 bits per heavy atom. The number of pyridine rings is 1. The summed E-state index contributed by atoms with van der Waals surface area (Å²) in [7, 11) is 0. The van der Waals surface area contributed by atoms with E-state index >= 15 is 0 Å². The molecular formula is C18H12F4N2O. The largest absolute Gasteiger partial charge is 0.457 e. The zero-order valence-corrected chi connectivity index (χ0v) is 12.7. The second-order valence-corrected chi connectivity index (χ2v) is 5.25. The van der Waals surface area contributed by atoms with E-state index in [1.54, 1.807) is 12.1 Å². The molecule has 0 fully saturated rings. The summed E-state index contributed by atoms with van der Waals surface area (Å²) in [6.07, 6.45) is -3.17. The van der Waals surface area contributed by atoms with E-state index in [-0.39, 0.29) is 11.5 Å². The smallest absolute Gasteiger partial charge is 0.416 e. The summed E-state index contributed by atoms with van der Waals surface area (Å²) in [4.78, 5) is 3.57. The molecule has 0 aliphatic rings. The van der Waals surface area contributed by atoms with Crippen molar-refractivity contribution in [2.45, 2.75) is 6.18 Å². The summed E-state index contributed by atoms with van der Waals surface area (Å²) >= 11 is 0. The lowest BCUT2D eigenvalue weighted by Gasteiger charge is -2.14. The molecule has 1 aromatic heterocycles. The quantitative estimate of drug-likeness (QED) is 0.398. The summed E-state index contributed by atoms with van der Waals surface area (Å²) < 4.78 is 57.1. The molecule has 0 radical (unpaired) electrons. The molecule has 0 saturated heterocycles. The maximum absolute atomic E-state index is 13.0. The second-order valence-electron chi connectivity index (χ2n) is 5.25. The number of halogens is 4. The van der Waals surface area contributed by atoms with E-state index in [9.17, 15) is 17.6 Å². The van der Waals surface area contributed by atoms with Gasteiger partial charge in [0.15, 0.2) is 0 Å². The molecule has 1 heterocycles. The summed E-state index contributed by atoms with van der Waals surface area (Å²) in [5.41, 5.74) is 6.37. The lowest BCUT2D eigenvalue weighted by atomic mass is 10.1. The maximum Gasteiger partial charge on any atom is 0.416 e. The minimum Gasteiger partial charge on any atom is -0.457 e. The molecule has 3 nitrogen and oxygen atoms in total. The fraction of sp³-hybridized carbons (Fsp3) is 0.0556. The molecular weight excluding hydrogens is 336 g/mol. The number of alkyl halides is 3. The Kier molecular flexibility index (Phi) is 4.31. The van der Waals surface area contributed by atoms with Crippen LogP contribution in [0.4, 0.5) is 23.2 Å². The number of rotatable bonds is 3. The molecule has 0 amide bonds. The number of nitrogens with zero attached hydrogens (tertiary/aromatic N) is 1. The second kappa shape index (κ2) is 6.43. The fourth-order valence-electron chi connectivity index (χ4n) is 2.26. The Hall–Kier alpha value is -3.09. The van der Waals surface area contributed by atoms with Crippen LogP contribution in [0.1, 0.15) is 5.56 Å². The van der Waals surface area contributed by atoms with Gasteiger partial charge in [0.25, 0.3) is 0 Å². The Labute approximate surface area is 140 Å². The molecule has 128 valence electrons. The molecule has 0 unspecified atom stereocenters. The van der Waals surface area contributed by atoms with Gasteiger partial charge >= 0.3 is 6.18 Å². The molecule has 0 aliphatic carbocycles. The van der Waals surface area contributed by atoms with Crippen LogP contribution in [0.5, 0.6) is 11.5 Å². The molecule has 2 N–H and O–H groups in total. The number of hydrogen-bond donors (Lipinski definition) is 1. The van der Waals surface area contributed by atoms with E-state index in [1.807, 2.05) is 0 Å². The average molecular weight is 348 g/mol. The van der Waals surface area contributed by atoms with Crippen LogP contribution in [-0.2, 0) is 6.18 Å². The lowest BCUT2D eigenvalue weighted by molar-refractivity contribution is -0.137. The van der Waals surface area contributed by atoms with Gasteiger partial charge < -0.3 is 10.5 Å². The zero-order chi connectivity index (χ0) is 18.0. The Balaban J connectivity index is 2.00. The summed E-state index contributed by atoms with van der Waals surface area (Å²) in [5, 5.41) is 0. The predicted octanol–water partition coefficient (Wildman–Crippen LogP) is 5.28. The van der Waals surface area contributed by atoms with Gasteiger partial charge in [0.05, 0.1) is 5.56 Å². The predicted molar refractivity (Wildman–Crippen MR) is 85.6 cm³/mol. The van der Waals surface area contributed by atoms with E-state index in [1.165, 1.54) is 36.5 Å². The van der Waals surface area contributed by atoms with Crippen molar-refractivity contribution < 1.29 is 22.3 Å². The molecule has 3 aromatic rings. The Morgan fingerprint density at radius 1 is 0.960 bits per heavy atom. The summed E-state index contributed by atoms with van der Waals surface area (Å²) in [6, 6.07) is 11.9. The van der Waals surface area contributed by atoms with Crippen LogP contribution in [0.2, 0.25) is 0 Å². The van der Waals surface area contributed by atoms with E-state index in [0.29, 0.717) is 16.8 Å². The summed E-state index contributed by atoms with van der Waals surface area (Å²) in [5.74, 6) is -0.385. The van der Waals surface area contributed by atoms with Crippen LogP contribution < -0.4 is 10.5 Å². The highest BCUT2D eigenvalue weighted by molar-refractivity contribution is 5.72. The number of nitrogens with two attached hydrogens (primary N) is 1. The molecule has 2 aromatic carbocycles. The third-order valence-electron chi connectivity index (χ3n) is 3.43. The minimum absolute atomic E-state index is 0.0109. The van der Waals surface area contributed by atoms with Crippen LogP contribution in [0.3, 0.4) is 0 Å². The van der Waals surface area contributed by atoms with Gasteiger partial charge in [-0.25, -0.2) is 4.98 Å². The monoisotopic (exact) mass is 348 g/mol. The highest BCUT2D eigenvalue weighted by Crippen LogP contribution is 2.37. The zero-order valence-electron chi connectivity index (χ0n) is 12.7. The first kappa shape index (κ1) is 16.8. The molecule has 25 heavy (non-hydrogen) atoms. The average Bonchev–Trinajstić information content (AvgIpc) is 2.56. The Bertz CT molecular complexity index is 892. The van der Waals surface area contributed by atoms with Gasteiger partial charge in [-0.1, -0.05) is 6.07 Å². The van der Waals surface area contributed by atoms with Crippen molar-refractivity contribution in [3.05, 3.63) is 72.3 Å². The first-order valence-corrected chi connectivity index (χ1v) is 7.19. The van der Waals surface area contributed by atoms with Crippen LogP contribution in [0.25, 0.3) is 11.1 Å². The third kappa shape index (κ3) is 3.88. The van der Waals surface area contributed by atoms with Crippen LogP contribution >= 0.6 is 0 Å². The van der Waals surface area contributed by atoms with Crippen molar-refractivity contribution in [1.82, 2.24) is 4.98 Å². The van der Waals surface area contributed by atoms with Gasteiger partial charge in [0.2, 0.25) is 5.95 Å². The fourth-order valence-corrected chi connectivity index (χ4v) is 2.26. The van der Waals surface area contributed by atoms with Crippen molar-refractivity contribution in [3.63, 3.8) is 0 Å². The number of nitrogen functional groups attached to an aromatic ring is 1. The van der Waals surface area contributed by atoms with Crippen molar-refractivity contribution in [3.8, 4) is 22.6 Å². The number of anilines is 1. The molecule has 0 atom stereocenters. The maximum atomic E-state index is 13.0. The molecule has 3 rings (SSSR count). The topological polar surface area (TPSA) is 48.1 Å². The first-order valence-electron chi connectivity index (χ1n) is 7.19. The molecule has 0 spiro atoms. The van der Waals surface area contributed by atoms with Crippen molar-refractivity contribution in [2.24, 2.45) is 0 Å². The standard InChI is InChI=1S/C18H12F4N2O/c19-17-7-4-11(10-24-17)15-6-5-13(23)9-16(15)25-14-3-1-2-12(8-14)18(20,21)22/h1-10H,23H2. The SMILES string of the molecule is Nc1ccc(-c2ccc(F)nc2)c(Oc2cccc(C(F)(F)F)c2)c1. The van der Waals surface area contributed by atoms with Gasteiger partial charge in [-0.3, -0.25) is 0 Å². The molecule has 0 saturated carbocycles. The van der Waals surface area contributed by atoms with Crippen molar-refractivity contribution in [1.29, 1.82) is 0 Å². The molecule has 0 aliphatic heterocycles.